The van der Waals surface area contributed by atoms with Gasteiger partial charge in [-0.3, -0.25) is 9.59 Å². The summed E-state index contributed by atoms with van der Waals surface area (Å²) in [6.45, 7) is 1.84. The Morgan fingerprint density at radius 1 is 1.10 bits per heavy atom. The smallest absolute Gasteiger partial charge is 0.241 e. The molecule has 1 saturated heterocycles. The van der Waals surface area contributed by atoms with E-state index in [4.69, 9.17) is 5.73 Å². The molecule has 2 amide bonds. The molecule has 2 rings (SSSR count). The van der Waals surface area contributed by atoms with Crippen molar-refractivity contribution in [3.63, 3.8) is 0 Å². The zero-order valence-electron chi connectivity index (χ0n) is 13.0. The van der Waals surface area contributed by atoms with Crippen molar-refractivity contribution in [2.75, 3.05) is 19.6 Å². The van der Waals surface area contributed by atoms with Gasteiger partial charge in [0, 0.05) is 25.6 Å². The van der Waals surface area contributed by atoms with Crippen molar-refractivity contribution in [1.82, 2.24) is 10.2 Å². The minimum Gasteiger partial charge on any atom is -0.347 e. The van der Waals surface area contributed by atoms with Crippen LogP contribution in [-0.2, 0) is 9.59 Å². The largest absolute Gasteiger partial charge is 0.347 e. The van der Waals surface area contributed by atoms with Crippen LogP contribution in [0, 0.1) is 5.92 Å². The number of carbonyl (C=O) groups is 2. The van der Waals surface area contributed by atoms with Crippen LogP contribution in [0.4, 0.5) is 0 Å². The van der Waals surface area contributed by atoms with Crippen molar-refractivity contribution >= 4 is 11.8 Å². The number of nitrogens with zero attached hydrogens (tertiary/aromatic N) is 1. The summed E-state index contributed by atoms with van der Waals surface area (Å²) in [5, 5.41) is 2.77. The molecule has 3 N–H and O–H groups in total. The Morgan fingerprint density at radius 3 is 2.57 bits per heavy atom. The van der Waals surface area contributed by atoms with E-state index in [0.29, 0.717) is 18.4 Å². The maximum Gasteiger partial charge on any atom is 0.241 e. The van der Waals surface area contributed by atoms with Crippen LogP contribution in [0.25, 0.3) is 0 Å². The van der Waals surface area contributed by atoms with Gasteiger partial charge in [-0.1, -0.05) is 12.8 Å². The van der Waals surface area contributed by atoms with E-state index < -0.39 is 0 Å². The highest BCUT2D eigenvalue weighted by molar-refractivity contribution is 5.84. The summed E-state index contributed by atoms with van der Waals surface area (Å²) in [4.78, 5) is 25.7. The summed E-state index contributed by atoms with van der Waals surface area (Å²) in [6.07, 6.45) is 9.33. The average molecular weight is 295 g/mol. The fourth-order valence-electron chi connectivity index (χ4n) is 3.45. The Balaban J connectivity index is 1.59. The maximum absolute atomic E-state index is 11.9. The maximum atomic E-state index is 11.9. The normalized spacial score (nSPS) is 26.4. The topological polar surface area (TPSA) is 75.4 Å². The Kier molecular flexibility index (Phi) is 6.49. The van der Waals surface area contributed by atoms with E-state index in [9.17, 15) is 9.59 Å². The monoisotopic (exact) mass is 295 g/mol. The lowest BCUT2D eigenvalue weighted by molar-refractivity contribution is -0.133. The van der Waals surface area contributed by atoms with E-state index in [1.165, 1.54) is 19.3 Å². The molecule has 0 spiro atoms. The lowest BCUT2D eigenvalue weighted by atomic mass is 9.83. The van der Waals surface area contributed by atoms with E-state index in [2.05, 4.69) is 5.32 Å². The summed E-state index contributed by atoms with van der Waals surface area (Å²) in [7, 11) is 0. The Morgan fingerprint density at radius 2 is 1.86 bits per heavy atom. The molecule has 5 nitrogen and oxygen atoms in total. The van der Waals surface area contributed by atoms with Gasteiger partial charge in [-0.15, -0.1) is 0 Å². The highest BCUT2D eigenvalue weighted by atomic mass is 16.2. The second-order valence-electron chi connectivity index (χ2n) is 6.55. The third-order valence-corrected chi connectivity index (χ3v) is 4.75. The summed E-state index contributed by atoms with van der Waals surface area (Å²) in [5.74, 6) is 0.638. The van der Waals surface area contributed by atoms with Crippen LogP contribution in [0.15, 0.2) is 0 Å². The zero-order valence-corrected chi connectivity index (χ0v) is 13.0. The van der Waals surface area contributed by atoms with Crippen molar-refractivity contribution in [3.8, 4) is 0 Å². The third-order valence-electron chi connectivity index (χ3n) is 4.75. The van der Waals surface area contributed by atoms with Crippen LogP contribution in [0.1, 0.15) is 57.8 Å². The van der Waals surface area contributed by atoms with Gasteiger partial charge in [0.2, 0.25) is 11.8 Å². The first-order valence-corrected chi connectivity index (χ1v) is 8.45. The molecular weight excluding hydrogens is 266 g/mol. The van der Waals surface area contributed by atoms with Crippen molar-refractivity contribution in [2.24, 2.45) is 11.7 Å². The zero-order chi connectivity index (χ0) is 15.1. The molecule has 0 radical (unpaired) electrons. The number of nitrogens with one attached hydrogen (secondary N) is 1. The molecule has 21 heavy (non-hydrogen) atoms. The van der Waals surface area contributed by atoms with Gasteiger partial charge in [-0.05, 0) is 44.4 Å². The Labute approximate surface area is 127 Å². The van der Waals surface area contributed by atoms with E-state index in [1.807, 2.05) is 4.90 Å². The SMILES string of the molecule is NC1CCCC(CCC(=O)NCC(=O)N2CCCCC2)C1. The van der Waals surface area contributed by atoms with Gasteiger partial charge in [0.25, 0.3) is 0 Å². The van der Waals surface area contributed by atoms with Gasteiger partial charge in [-0.2, -0.15) is 0 Å². The Hall–Kier alpha value is -1.10. The first-order chi connectivity index (χ1) is 10.1. The van der Waals surface area contributed by atoms with E-state index >= 15 is 0 Å². The minimum atomic E-state index is -0.000459. The molecule has 0 aromatic carbocycles. The van der Waals surface area contributed by atoms with E-state index in [0.717, 1.165) is 45.2 Å². The van der Waals surface area contributed by atoms with Crippen LogP contribution in [0.5, 0.6) is 0 Å². The first kappa shape index (κ1) is 16.3. The van der Waals surface area contributed by atoms with E-state index in [1.54, 1.807) is 0 Å². The molecule has 5 heteroatoms. The third kappa shape index (κ3) is 5.65. The van der Waals surface area contributed by atoms with Crippen LogP contribution in [-0.4, -0.2) is 42.4 Å². The number of likely N-dealkylation sites (tertiary alicyclic amines) is 1. The summed E-state index contributed by atoms with van der Waals surface area (Å²) < 4.78 is 0. The predicted octanol–water partition coefficient (Wildman–Crippen LogP) is 1.41. The minimum absolute atomic E-state index is 0.000459. The number of hydrogen-bond donors (Lipinski definition) is 2. The summed E-state index contributed by atoms with van der Waals surface area (Å²) in [6, 6.07) is 0.312. The highest BCUT2D eigenvalue weighted by Gasteiger charge is 2.20. The molecule has 1 saturated carbocycles. The lowest BCUT2D eigenvalue weighted by Crippen LogP contribution is -2.42. The van der Waals surface area contributed by atoms with Crippen LogP contribution in [0.3, 0.4) is 0 Å². The summed E-state index contributed by atoms with van der Waals surface area (Å²) >= 11 is 0. The molecule has 1 aliphatic heterocycles. The molecule has 2 unspecified atom stereocenters. The quantitative estimate of drug-likeness (QED) is 0.805. The van der Waals surface area contributed by atoms with Gasteiger partial charge in [0.1, 0.15) is 0 Å². The molecule has 2 atom stereocenters. The molecule has 0 aromatic rings. The van der Waals surface area contributed by atoms with Crippen molar-refractivity contribution in [2.45, 2.75) is 63.8 Å². The van der Waals surface area contributed by atoms with Gasteiger partial charge in [-0.25, -0.2) is 0 Å². The number of piperidine rings is 1. The molecule has 0 aromatic heterocycles. The summed E-state index contributed by atoms with van der Waals surface area (Å²) in [5.41, 5.74) is 5.96. The first-order valence-electron chi connectivity index (χ1n) is 8.45. The van der Waals surface area contributed by atoms with Crippen molar-refractivity contribution in [1.29, 1.82) is 0 Å². The molecule has 0 bridgehead atoms. The molecule has 120 valence electrons. The number of rotatable bonds is 5. The van der Waals surface area contributed by atoms with Crippen LogP contribution in [0.2, 0.25) is 0 Å². The van der Waals surface area contributed by atoms with Gasteiger partial charge >= 0.3 is 0 Å². The molecule has 1 aliphatic carbocycles. The van der Waals surface area contributed by atoms with E-state index in [-0.39, 0.29) is 18.4 Å². The van der Waals surface area contributed by atoms with Crippen molar-refractivity contribution < 1.29 is 9.59 Å². The van der Waals surface area contributed by atoms with Crippen LogP contribution < -0.4 is 11.1 Å². The number of hydrogen-bond acceptors (Lipinski definition) is 3. The predicted molar refractivity (Wildman–Crippen MR) is 82.6 cm³/mol. The molecular formula is C16H29N3O2. The number of amides is 2. The lowest BCUT2D eigenvalue weighted by Gasteiger charge is -2.27. The van der Waals surface area contributed by atoms with Crippen molar-refractivity contribution in [3.05, 3.63) is 0 Å². The highest BCUT2D eigenvalue weighted by Crippen LogP contribution is 2.26. The number of nitrogens with two attached hydrogens (primary N) is 1. The molecule has 2 fully saturated rings. The van der Waals surface area contributed by atoms with Gasteiger partial charge in [0.15, 0.2) is 0 Å². The Bertz CT molecular complexity index is 353. The second-order valence-corrected chi connectivity index (χ2v) is 6.55. The second kappa shape index (κ2) is 8.37. The fourth-order valence-corrected chi connectivity index (χ4v) is 3.45. The number of carbonyl (C=O) groups excluding carboxylic acids is 2. The van der Waals surface area contributed by atoms with Gasteiger partial charge < -0.3 is 16.0 Å². The van der Waals surface area contributed by atoms with Crippen LogP contribution >= 0.6 is 0 Å². The fraction of sp³-hybridized carbons (Fsp3) is 0.875. The standard InChI is InChI=1S/C16H29N3O2/c17-14-6-4-5-13(11-14)7-8-15(20)18-12-16(21)19-9-2-1-3-10-19/h13-14H,1-12,17H2,(H,18,20). The van der Waals surface area contributed by atoms with Gasteiger partial charge in [0.05, 0.1) is 6.54 Å². The molecule has 1 heterocycles. The average Bonchev–Trinajstić information content (AvgIpc) is 2.51. The molecule has 2 aliphatic rings.